The van der Waals surface area contributed by atoms with Gasteiger partial charge in [0.2, 0.25) is 5.89 Å². The first kappa shape index (κ1) is 10.6. The standard InChI is InChI=1S/C10H18N4O/c1-7-13-10(15-14-7)6-12-9-4-2-3-8(11)5-9/h8-9,12H,2-6,11H2,1H3. The van der Waals surface area contributed by atoms with Crippen LogP contribution in [0.1, 0.15) is 37.4 Å². The summed E-state index contributed by atoms with van der Waals surface area (Å²) in [5.74, 6) is 1.35. The summed E-state index contributed by atoms with van der Waals surface area (Å²) < 4.78 is 5.03. The maximum Gasteiger partial charge on any atom is 0.240 e. The van der Waals surface area contributed by atoms with E-state index in [2.05, 4.69) is 15.5 Å². The Morgan fingerprint density at radius 2 is 2.40 bits per heavy atom. The van der Waals surface area contributed by atoms with Crippen LogP contribution in [0, 0.1) is 6.92 Å². The number of aromatic nitrogens is 2. The molecule has 2 atom stereocenters. The van der Waals surface area contributed by atoms with Crippen LogP contribution in [0.3, 0.4) is 0 Å². The van der Waals surface area contributed by atoms with Gasteiger partial charge in [-0.3, -0.25) is 0 Å². The summed E-state index contributed by atoms with van der Waals surface area (Å²) in [4.78, 5) is 4.14. The molecule has 0 bridgehead atoms. The van der Waals surface area contributed by atoms with E-state index in [1.807, 2.05) is 6.92 Å². The van der Waals surface area contributed by atoms with Crippen molar-refractivity contribution in [3.8, 4) is 0 Å². The molecule has 1 saturated carbocycles. The first-order valence-electron chi connectivity index (χ1n) is 5.52. The second-order valence-corrected chi connectivity index (χ2v) is 4.24. The Balaban J connectivity index is 1.77. The lowest BCUT2D eigenvalue weighted by molar-refractivity contribution is 0.310. The third-order valence-corrected chi connectivity index (χ3v) is 2.83. The zero-order chi connectivity index (χ0) is 10.7. The van der Waals surface area contributed by atoms with Crippen molar-refractivity contribution in [2.24, 2.45) is 5.73 Å². The first-order valence-corrected chi connectivity index (χ1v) is 5.52. The van der Waals surface area contributed by atoms with E-state index < -0.39 is 0 Å². The molecule has 1 aromatic heterocycles. The number of hydrogen-bond acceptors (Lipinski definition) is 5. The molecule has 0 aromatic carbocycles. The van der Waals surface area contributed by atoms with E-state index in [1.165, 1.54) is 12.8 Å². The molecule has 0 amide bonds. The second kappa shape index (κ2) is 4.72. The number of aryl methyl sites for hydroxylation is 1. The molecule has 1 heterocycles. The first-order chi connectivity index (χ1) is 7.24. The van der Waals surface area contributed by atoms with Gasteiger partial charge in [0.15, 0.2) is 5.82 Å². The summed E-state index contributed by atoms with van der Waals surface area (Å²) in [5, 5.41) is 7.15. The lowest BCUT2D eigenvalue weighted by atomic mass is 9.92. The average Bonchev–Trinajstić information content (AvgIpc) is 2.62. The smallest absolute Gasteiger partial charge is 0.240 e. The van der Waals surface area contributed by atoms with Crippen molar-refractivity contribution in [2.75, 3.05) is 0 Å². The molecule has 1 aliphatic carbocycles. The van der Waals surface area contributed by atoms with Crippen molar-refractivity contribution in [1.82, 2.24) is 15.5 Å². The molecule has 1 fully saturated rings. The molecule has 1 aromatic rings. The maximum absolute atomic E-state index is 5.91. The lowest BCUT2D eigenvalue weighted by Crippen LogP contribution is -2.39. The number of nitrogens with zero attached hydrogens (tertiary/aromatic N) is 2. The van der Waals surface area contributed by atoms with Gasteiger partial charge in [-0.1, -0.05) is 11.6 Å². The molecule has 0 radical (unpaired) electrons. The fourth-order valence-electron chi connectivity index (χ4n) is 2.06. The minimum atomic E-state index is 0.348. The zero-order valence-electron chi connectivity index (χ0n) is 9.07. The Bertz CT molecular complexity index is 312. The molecule has 5 heteroatoms. The Morgan fingerprint density at radius 1 is 1.53 bits per heavy atom. The molecule has 2 rings (SSSR count). The largest absolute Gasteiger partial charge is 0.338 e. The SMILES string of the molecule is Cc1noc(CNC2CCCC(N)C2)n1. The van der Waals surface area contributed by atoms with E-state index in [1.54, 1.807) is 0 Å². The topological polar surface area (TPSA) is 77.0 Å². The van der Waals surface area contributed by atoms with Gasteiger partial charge in [-0.05, 0) is 26.2 Å². The number of hydrogen-bond donors (Lipinski definition) is 2. The minimum Gasteiger partial charge on any atom is -0.338 e. The van der Waals surface area contributed by atoms with Gasteiger partial charge in [0, 0.05) is 12.1 Å². The third-order valence-electron chi connectivity index (χ3n) is 2.83. The van der Waals surface area contributed by atoms with Crippen LogP contribution in [0.15, 0.2) is 4.52 Å². The third kappa shape index (κ3) is 3.00. The summed E-state index contributed by atoms with van der Waals surface area (Å²) in [6.07, 6.45) is 4.60. The second-order valence-electron chi connectivity index (χ2n) is 4.24. The molecule has 0 aliphatic heterocycles. The van der Waals surface area contributed by atoms with Gasteiger partial charge in [-0.25, -0.2) is 0 Å². The molecule has 5 nitrogen and oxygen atoms in total. The van der Waals surface area contributed by atoms with Gasteiger partial charge in [0.1, 0.15) is 0 Å². The molecule has 1 aliphatic rings. The van der Waals surface area contributed by atoms with Gasteiger partial charge < -0.3 is 15.6 Å². The Kier molecular flexibility index (Phi) is 3.33. The van der Waals surface area contributed by atoms with Crippen LogP contribution >= 0.6 is 0 Å². The van der Waals surface area contributed by atoms with Gasteiger partial charge in [-0.2, -0.15) is 4.98 Å². The van der Waals surface area contributed by atoms with E-state index in [4.69, 9.17) is 10.3 Å². The highest BCUT2D eigenvalue weighted by atomic mass is 16.5. The van der Waals surface area contributed by atoms with E-state index in [9.17, 15) is 0 Å². The quantitative estimate of drug-likeness (QED) is 0.769. The van der Waals surface area contributed by atoms with Crippen molar-refractivity contribution in [2.45, 2.75) is 51.2 Å². The predicted octanol–water partition coefficient (Wildman–Crippen LogP) is 0.738. The van der Waals surface area contributed by atoms with Crippen LogP contribution < -0.4 is 11.1 Å². The fourth-order valence-corrected chi connectivity index (χ4v) is 2.06. The molecule has 84 valence electrons. The van der Waals surface area contributed by atoms with Crippen LogP contribution in [0.4, 0.5) is 0 Å². The summed E-state index contributed by atoms with van der Waals surface area (Å²) in [6, 6.07) is 0.849. The van der Waals surface area contributed by atoms with Gasteiger partial charge in [-0.15, -0.1) is 0 Å². The zero-order valence-corrected chi connectivity index (χ0v) is 9.07. The van der Waals surface area contributed by atoms with Crippen LogP contribution in [-0.2, 0) is 6.54 Å². The van der Waals surface area contributed by atoms with Crippen molar-refractivity contribution in [1.29, 1.82) is 0 Å². The van der Waals surface area contributed by atoms with E-state index in [0.717, 1.165) is 12.8 Å². The lowest BCUT2D eigenvalue weighted by Gasteiger charge is -2.26. The number of nitrogens with one attached hydrogen (secondary N) is 1. The van der Waals surface area contributed by atoms with Crippen LogP contribution in [0.25, 0.3) is 0 Å². The highest BCUT2D eigenvalue weighted by Gasteiger charge is 2.19. The summed E-state index contributed by atoms with van der Waals surface area (Å²) in [6.45, 7) is 2.47. The van der Waals surface area contributed by atoms with Crippen LogP contribution in [0.5, 0.6) is 0 Å². The highest BCUT2D eigenvalue weighted by Crippen LogP contribution is 2.17. The monoisotopic (exact) mass is 210 g/mol. The molecule has 2 unspecified atom stereocenters. The van der Waals surface area contributed by atoms with Crippen molar-refractivity contribution < 1.29 is 4.52 Å². The normalized spacial score (nSPS) is 26.8. The van der Waals surface area contributed by atoms with Gasteiger partial charge in [0.25, 0.3) is 0 Å². The van der Waals surface area contributed by atoms with Crippen LogP contribution in [-0.4, -0.2) is 22.2 Å². The van der Waals surface area contributed by atoms with E-state index in [-0.39, 0.29) is 0 Å². The fraction of sp³-hybridized carbons (Fsp3) is 0.800. The van der Waals surface area contributed by atoms with Crippen molar-refractivity contribution >= 4 is 0 Å². The molecule has 15 heavy (non-hydrogen) atoms. The molecular weight excluding hydrogens is 192 g/mol. The minimum absolute atomic E-state index is 0.348. The maximum atomic E-state index is 5.91. The predicted molar refractivity (Wildman–Crippen MR) is 56.1 cm³/mol. The van der Waals surface area contributed by atoms with E-state index >= 15 is 0 Å². The molecule has 3 N–H and O–H groups in total. The van der Waals surface area contributed by atoms with Crippen molar-refractivity contribution in [3.63, 3.8) is 0 Å². The van der Waals surface area contributed by atoms with Gasteiger partial charge >= 0.3 is 0 Å². The number of nitrogens with two attached hydrogens (primary N) is 1. The molecule has 0 spiro atoms. The van der Waals surface area contributed by atoms with Gasteiger partial charge in [0.05, 0.1) is 6.54 Å². The summed E-state index contributed by atoms with van der Waals surface area (Å²) >= 11 is 0. The average molecular weight is 210 g/mol. The van der Waals surface area contributed by atoms with Crippen molar-refractivity contribution in [3.05, 3.63) is 11.7 Å². The van der Waals surface area contributed by atoms with E-state index in [0.29, 0.717) is 30.3 Å². The number of rotatable bonds is 3. The molecular formula is C10H18N4O. The Morgan fingerprint density at radius 3 is 3.07 bits per heavy atom. The Labute approximate surface area is 89.4 Å². The van der Waals surface area contributed by atoms with Crippen LogP contribution in [0.2, 0.25) is 0 Å². The highest BCUT2D eigenvalue weighted by molar-refractivity contribution is 4.85. The Hall–Kier alpha value is -0.940. The summed E-state index contributed by atoms with van der Waals surface area (Å²) in [7, 11) is 0. The summed E-state index contributed by atoms with van der Waals surface area (Å²) in [5.41, 5.74) is 5.91. The molecule has 0 saturated heterocycles.